The molecule has 3 heteroatoms. The molecule has 1 aliphatic heterocycles. The molecule has 4 rings (SSSR count). The van der Waals surface area contributed by atoms with Crippen molar-refractivity contribution in [3.63, 3.8) is 0 Å². The van der Waals surface area contributed by atoms with Gasteiger partial charge in [-0.1, -0.05) is 90.4 Å². The molecule has 1 aliphatic rings. The van der Waals surface area contributed by atoms with Crippen molar-refractivity contribution in [3.05, 3.63) is 112 Å². The molecule has 0 amide bonds. The molecule has 1 heterocycles. The second-order valence-electron chi connectivity index (χ2n) is 7.78. The normalized spacial score (nSPS) is 17.4. The van der Waals surface area contributed by atoms with Gasteiger partial charge >= 0.3 is 0 Å². The number of allylic oxidation sites excluding steroid dienone is 1. The van der Waals surface area contributed by atoms with Crippen LogP contribution in [0.2, 0.25) is 0 Å². The summed E-state index contributed by atoms with van der Waals surface area (Å²) in [6.45, 7) is 6.50. The van der Waals surface area contributed by atoms with Crippen molar-refractivity contribution in [2.75, 3.05) is 11.4 Å². The van der Waals surface area contributed by atoms with Gasteiger partial charge in [-0.25, -0.2) is 0 Å². The molecule has 0 saturated carbocycles. The molecule has 30 heavy (non-hydrogen) atoms. The van der Waals surface area contributed by atoms with Crippen molar-refractivity contribution in [1.29, 1.82) is 0 Å². The number of rotatable bonds is 6. The molecular weight excluding hydrogens is 432 g/mol. The predicted molar refractivity (Wildman–Crippen MR) is 130 cm³/mol. The monoisotopic (exact) mass is 460 g/mol. The van der Waals surface area contributed by atoms with Gasteiger partial charge in [-0.15, -0.1) is 0 Å². The van der Waals surface area contributed by atoms with E-state index in [1.807, 2.05) is 0 Å². The SMILES string of the molecule is CCC1=C(CC)N(c2ccc(Br)cc2)C(c2ccccc2)N(Cc2ccccc2)C1. The van der Waals surface area contributed by atoms with Crippen LogP contribution in [0.5, 0.6) is 0 Å². The van der Waals surface area contributed by atoms with E-state index in [9.17, 15) is 0 Å². The number of nitrogens with zero attached hydrogens (tertiary/aromatic N) is 2. The first-order valence-corrected chi connectivity index (χ1v) is 11.6. The Morgan fingerprint density at radius 2 is 1.43 bits per heavy atom. The molecule has 0 aliphatic carbocycles. The van der Waals surface area contributed by atoms with Crippen LogP contribution < -0.4 is 4.90 Å². The summed E-state index contributed by atoms with van der Waals surface area (Å²) in [5, 5.41) is 0. The van der Waals surface area contributed by atoms with Crippen LogP contribution in [0.25, 0.3) is 0 Å². The van der Waals surface area contributed by atoms with E-state index in [4.69, 9.17) is 0 Å². The van der Waals surface area contributed by atoms with E-state index in [1.165, 1.54) is 28.1 Å². The van der Waals surface area contributed by atoms with Gasteiger partial charge in [0.1, 0.15) is 6.17 Å². The zero-order valence-corrected chi connectivity index (χ0v) is 19.3. The van der Waals surface area contributed by atoms with E-state index < -0.39 is 0 Å². The molecule has 3 aromatic rings. The van der Waals surface area contributed by atoms with Crippen LogP contribution in [-0.2, 0) is 6.54 Å². The average Bonchev–Trinajstić information content (AvgIpc) is 2.80. The van der Waals surface area contributed by atoms with Gasteiger partial charge in [0.2, 0.25) is 0 Å². The first-order chi connectivity index (χ1) is 14.7. The topological polar surface area (TPSA) is 6.48 Å². The lowest BCUT2D eigenvalue weighted by Gasteiger charge is -2.47. The van der Waals surface area contributed by atoms with Crippen molar-refractivity contribution < 1.29 is 0 Å². The Morgan fingerprint density at radius 3 is 2.03 bits per heavy atom. The molecule has 0 fully saturated rings. The Balaban J connectivity index is 1.85. The Labute approximate surface area is 189 Å². The summed E-state index contributed by atoms with van der Waals surface area (Å²) in [5.41, 5.74) is 6.91. The number of anilines is 1. The first-order valence-electron chi connectivity index (χ1n) is 10.8. The standard InChI is InChI=1S/C27H29BrN2/c1-3-22-20-29(19-21-11-7-5-8-12-21)27(23-13-9-6-10-14-23)30(26(22)4-2)25-17-15-24(28)16-18-25/h5-18,27H,3-4,19-20H2,1-2H3. The molecule has 1 unspecified atom stereocenters. The average molecular weight is 461 g/mol. The summed E-state index contributed by atoms with van der Waals surface area (Å²) < 4.78 is 1.11. The molecule has 154 valence electrons. The van der Waals surface area contributed by atoms with Crippen LogP contribution >= 0.6 is 15.9 Å². The molecule has 1 atom stereocenters. The minimum absolute atomic E-state index is 0.165. The van der Waals surface area contributed by atoms with Crippen molar-refractivity contribution in [3.8, 4) is 0 Å². The van der Waals surface area contributed by atoms with Crippen LogP contribution in [0.1, 0.15) is 44.0 Å². The number of hydrogen-bond donors (Lipinski definition) is 0. The van der Waals surface area contributed by atoms with Gasteiger partial charge in [0, 0.05) is 28.9 Å². The van der Waals surface area contributed by atoms with Gasteiger partial charge in [-0.3, -0.25) is 4.90 Å². The van der Waals surface area contributed by atoms with Crippen molar-refractivity contribution >= 4 is 21.6 Å². The van der Waals surface area contributed by atoms with Gasteiger partial charge in [-0.05, 0) is 53.8 Å². The number of benzene rings is 3. The van der Waals surface area contributed by atoms with Crippen LogP contribution in [0, 0.1) is 0 Å². The van der Waals surface area contributed by atoms with Gasteiger partial charge in [0.25, 0.3) is 0 Å². The summed E-state index contributed by atoms with van der Waals surface area (Å²) in [6.07, 6.45) is 2.27. The zero-order valence-electron chi connectivity index (χ0n) is 17.8. The highest BCUT2D eigenvalue weighted by molar-refractivity contribution is 9.10. The van der Waals surface area contributed by atoms with Gasteiger partial charge in [-0.2, -0.15) is 0 Å². The maximum Gasteiger partial charge on any atom is 0.113 e. The second kappa shape index (κ2) is 9.63. The first kappa shape index (κ1) is 20.9. The predicted octanol–water partition coefficient (Wildman–Crippen LogP) is 7.54. The Morgan fingerprint density at radius 1 is 0.800 bits per heavy atom. The largest absolute Gasteiger partial charge is 0.325 e. The summed E-state index contributed by atoms with van der Waals surface area (Å²) in [7, 11) is 0. The lowest BCUT2D eigenvalue weighted by molar-refractivity contribution is 0.188. The van der Waals surface area contributed by atoms with E-state index in [2.05, 4.69) is 125 Å². The second-order valence-corrected chi connectivity index (χ2v) is 8.69. The van der Waals surface area contributed by atoms with Gasteiger partial charge < -0.3 is 4.90 Å². The molecule has 0 saturated heterocycles. The molecule has 0 radical (unpaired) electrons. The van der Waals surface area contributed by atoms with Crippen LogP contribution in [0.15, 0.2) is 101 Å². The molecule has 2 nitrogen and oxygen atoms in total. The molecular formula is C27H29BrN2. The van der Waals surface area contributed by atoms with Gasteiger partial charge in [0.05, 0.1) is 0 Å². The lowest BCUT2D eigenvalue weighted by Crippen LogP contribution is -2.46. The molecule has 0 bridgehead atoms. The minimum atomic E-state index is 0.165. The van der Waals surface area contributed by atoms with Crippen molar-refractivity contribution in [2.24, 2.45) is 0 Å². The molecule has 0 aromatic heterocycles. The maximum absolute atomic E-state index is 3.60. The third kappa shape index (κ3) is 4.38. The fourth-order valence-electron chi connectivity index (χ4n) is 4.48. The lowest BCUT2D eigenvalue weighted by atomic mass is 9.97. The van der Waals surface area contributed by atoms with Gasteiger partial charge in [0.15, 0.2) is 0 Å². The maximum atomic E-state index is 3.60. The summed E-state index contributed by atoms with van der Waals surface area (Å²) >= 11 is 3.60. The molecule has 0 N–H and O–H groups in total. The third-order valence-electron chi connectivity index (χ3n) is 5.88. The molecule has 0 spiro atoms. The quantitative estimate of drug-likeness (QED) is 0.374. The van der Waals surface area contributed by atoms with Crippen molar-refractivity contribution in [2.45, 2.75) is 39.4 Å². The Hall–Kier alpha value is -2.36. The highest BCUT2D eigenvalue weighted by Gasteiger charge is 2.35. The summed E-state index contributed by atoms with van der Waals surface area (Å²) in [6, 6.07) is 30.5. The fourth-order valence-corrected chi connectivity index (χ4v) is 4.75. The van der Waals surface area contributed by atoms with Crippen LogP contribution in [0.3, 0.4) is 0 Å². The summed E-state index contributed by atoms with van der Waals surface area (Å²) in [4.78, 5) is 5.18. The van der Waals surface area contributed by atoms with E-state index in [1.54, 1.807) is 0 Å². The highest BCUT2D eigenvalue weighted by atomic mass is 79.9. The number of halogens is 1. The highest BCUT2D eigenvalue weighted by Crippen LogP contribution is 2.41. The Bertz CT molecular complexity index is 980. The Kier molecular flexibility index (Phi) is 6.71. The van der Waals surface area contributed by atoms with Crippen LogP contribution in [0.4, 0.5) is 5.69 Å². The van der Waals surface area contributed by atoms with E-state index in [0.717, 1.165) is 30.4 Å². The van der Waals surface area contributed by atoms with Crippen LogP contribution in [-0.4, -0.2) is 11.4 Å². The number of hydrogen-bond acceptors (Lipinski definition) is 2. The zero-order chi connectivity index (χ0) is 20.9. The summed E-state index contributed by atoms with van der Waals surface area (Å²) in [5.74, 6) is 0. The molecule has 3 aromatic carbocycles. The smallest absolute Gasteiger partial charge is 0.113 e. The van der Waals surface area contributed by atoms with E-state index in [0.29, 0.717) is 0 Å². The van der Waals surface area contributed by atoms with E-state index in [-0.39, 0.29) is 6.17 Å². The fraction of sp³-hybridized carbons (Fsp3) is 0.259. The minimum Gasteiger partial charge on any atom is -0.325 e. The van der Waals surface area contributed by atoms with E-state index >= 15 is 0 Å². The third-order valence-corrected chi connectivity index (χ3v) is 6.40. The van der Waals surface area contributed by atoms with Crippen molar-refractivity contribution in [1.82, 2.24) is 4.90 Å².